The number of benzene rings is 1. The number of allylic oxidation sites excluding steroid dienone is 1. The first kappa shape index (κ1) is 12.7. The Hall–Kier alpha value is -1.70. The van der Waals surface area contributed by atoms with Crippen LogP contribution in [0.25, 0.3) is 6.08 Å². The maximum absolute atomic E-state index is 12.1. The lowest BCUT2D eigenvalue weighted by molar-refractivity contribution is 0.104. The second-order valence-corrected chi connectivity index (χ2v) is 5.84. The molecule has 2 nitrogen and oxygen atoms in total. The number of carbonyl (C=O) groups is 1. The molecule has 0 N–H and O–H groups in total. The molecular formula is C14H8BrNOS. The zero-order valence-corrected chi connectivity index (χ0v) is 11.7. The number of halogens is 1. The second-order valence-electron chi connectivity index (χ2n) is 3.55. The number of Topliss-reactive ketones (excluding diaryl/α,β-unsaturated/α-hetero) is 1. The summed E-state index contributed by atoms with van der Waals surface area (Å²) in [7, 11) is 0. The van der Waals surface area contributed by atoms with Crippen LogP contribution in [0.15, 0.2) is 51.1 Å². The Kier molecular flexibility index (Phi) is 4.08. The first-order chi connectivity index (χ1) is 8.70. The molecule has 1 aromatic heterocycles. The van der Waals surface area contributed by atoms with Crippen molar-refractivity contribution in [2.45, 2.75) is 0 Å². The van der Waals surface area contributed by atoms with E-state index in [9.17, 15) is 4.79 Å². The van der Waals surface area contributed by atoms with Gasteiger partial charge in [0.2, 0.25) is 5.78 Å². The number of thiophene rings is 1. The molecule has 88 valence electrons. The van der Waals surface area contributed by atoms with Crippen LogP contribution in [-0.2, 0) is 0 Å². The molecular weight excluding hydrogens is 310 g/mol. The summed E-state index contributed by atoms with van der Waals surface area (Å²) >= 11 is 4.86. The smallest absolute Gasteiger partial charge is 0.203 e. The van der Waals surface area contributed by atoms with Crippen molar-refractivity contribution in [3.8, 4) is 6.07 Å². The molecule has 4 heteroatoms. The topological polar surface area (TPSA) is 40.9 Å². The van der Waals surface area contributed by atoms with Crippen LogP contribution in [0.5, 0.6) is 0 Å². The summed E-state index contributed by atoms with van der Waals surface area (Å²) in [5.74, 6) is -0.250. The van der Waals surface area contributed by atoms with Crippen LogP contribution in [-0.4, -0.2) is 5.78 Å². The van der Waals surface area contributed by atoms with Crippen molar-refractivity contribution in [2.24, 2.45) is 0 Å². The Morgan fingerprint density at radius 2 is 2.06 bits per heavy atom. The molecule has 2 rings (SSSR count). The van der Waals surface area contributed by atoms with Crippen LogP contribution in [0.2, 0.25) is 0 Å². The monoisotopic (exact) mass is 317 g/mol. The molecule has 1 heterocycles. The molecule has 0 radical (unpaired) electrons. The lowest BCUT2D eigenvalue weighted by Crippen LogP contribution is -2.01. The summed E-state index contributed by atoms with van der Waals surface area (Å²) in [4.78, 5) is 12.1. The molecule has 0 bridgehead atoms. The molecule has 0 aliphatic heterocycles. The third kappa shape index (κ3) is 2.95. The lowest BCUT2D eigenvalue weighted by atomic mass is 10.0. The third-order valence-corrected chi connectivity index (χ3v) is 3.82. The Labute approximate surface area is 117 Å². The van der Waals surface area contributed by atoms with Gasteiger partial charge in [-0.05, 0) is 39.0 Å². The molecule has 0 spiro atoms. The van der Waals surface area contributed by atoms with Gasteiger partial charge in [0.15, 0.2) is 0 Å². The summed E-state index contributed by atoms with van der Waals surface area (Å²) in [5, 5.41) is 11.0. The Bertz CT molecular complexity index is 637. The van der Waals surface area contributed by atoms with Gasteiger partial charge in [-0.3, -0.25) is 4.79 Å². The SMILES string of the molecule is N#C/C(=C/c1csc(Br)c1)C(=O)c1ccccc1. The van der Waals surface area contributed by atoms with Crippen LogP contribution >= 0.6 is 27.3 Å². The first-order valence-corrected chi connectivity index (χ1v) is 6.83. The number of nitriles is 1. The Morgan fingerprint density at radius 1 is 1.33 bits per heavy atom. The van der Waals surface area contributed by atoms with Crippen molar-refractivity contribution in [1.29, 1.82) is 5.26 Å². The van der Waals surface area contributed by atoms with Gasteiger partial charge in [-0.15, -0.1) is 11.3 Å². The number of ketones is 1. The van der Waals surface area contributed by atoms with Gasteiger partial charge in [-0.1, -0.05) is 30.3 Å². The van der Waals surface area contributed by atoms with E-state index in [1.165, 1.54) is 11.3 Å². The van der Waals surface area contributed by atoms with Gasteiger partial charge in [-0.25, -0.2) is 0 Å². The van der Waals surface area contributed by atoms with Crippen LogP contribution in [0, 0.1) is 11.3 Å². The summed E-state index contributed by atoms with van der Waals surface area (Å²) in [6, 6.07) is 12.6. The van der Waals surface area contributed by atoms with E-state index in [2.05, 4.69) is 15.9 Å². The highest BCUT2D eigenvalue weighted by atomic mass is 79.9. The predicted octanol–water partition coefficient (Wildman–Crippen LogP) is 4.30. The van der Waals surface area contributed by atoms with Crippen LogP contribution in [0.3, 0.4) is 0 Å². The van der Waals surface area contributed by atoms with Crippen LogP contribution in [0.1, 0.15) is 15.9 Å². The zero-order chi connectivity index (χ0) is 13.0. The van der Waals surface area contributed by atoms with E-state index in [0.29, 0.717) is 5.56 Å². The third-order valence-electron chi connectivity index (χ3n) is 2.30. The largest absolute Gasteiger partial charge is 0.288 e. The van der Waals surface area contributed by atoms with Crippen molar-refractivity contribution < 1.29 is 4.79 Å². The highest BCUT2D eigenvalue weighted by Crippen LogP contribution is 2.23. The van der Waals surface area contributed by atoms with E-state index in [4.69, 9.17) is 5.26 Å². The van der Waals surface area contributed by atoms with Crippen molar-refractivity contribution in [3.05, 3.63) is 62.3 Å². The maximum atomic E-state index is 12.1. The fraction of sp³-hybridized carbons (Fsp3) is 0. The molecule has 0 atom stereocenters. The highest BCUT2D eigenvalue weighted by Gasteiger charge is 2.11. The number of rotatable bonds is 3. The Balaban J connectivity index is 2.33. The quantitative estimate of drug-likeness (QED) is 0.481. The molecule has 0 aliphatic carbocycles. The van der Waals surface area contributed by atoms with Gasteiger partial charge >= 0.3 is 0 Å². The fourth-order valence-electron chi connectivity index (χ4n) is 1.46. The van der Waals surface area contributed by atoms with Gasteiger partial charge in [0.1, 0.15) is 11.6 Å². The van der Waals surface area contributed by atoms with E-state index in [1.54, 1.807) is 30.3 Å². The number of hydrogen-bond donors (Lipinski definition) is 0. The molecule has 0 saturated carbocycles. The van der Waals surface area contributed by atoms with Crippen LogP contribution < -0.4 is 0 Å². The van der Waals surface area contributed by atoms with Crippen molar-refractivity contribution in [2.75, 3.05) is 0 Å². The molecule has 0 aliphatic rings. The minimum atomic E-state index is -0.250. The summed E-state index contributed by atoms with van der Waals surface area (Å²) < 4.78 is 0.971. The van der Waals surface area contributed by atoms with E-state index < -0.39 is 0 Å². The van der Waals surface area contributed by atoms with E-state index >= 15 is 0 Å². The van der Waals surface area contributed by atoms with Crippen molar-refractivity contribution in [1.82, 2.24) is 0 Å². The fourth-order valence-corrected chi connectivity index (χ4v) is 2.59. The number of hydrogen-bond acceptors (Lipinski definition) is 3. The minimum absolute atomic E-state index is 0.145. The number of nitrogens with zero attached hydrogens (tertiary/aromatic N) is 1. The highest BCUT2D eigenvalue weighted by molar-refractivity contribution is 9.11. The van der Waals surface area contributed by atoms with Gasteiger partial charge in [0.05, 0.1) is 3.79 Å². The van der Waals surface area contributed by atoms with E-state index in [-0.39, 0.29) is 11.4 Å². The predicted molar refractivity (Wildman–Crippen MR) is 76.4 cm³/mol. The first-order valence-electron chi connectivity index (χ1n) is 5.16. The van der Waals surface area contributed by atoms with Crippen LogP contribution in [0.4, 0.5) is 0 Å². The Morgan fingerprint density at radius 3 is 2.61 bits per heavy atom. The van der Waals surface area contributed by atoms with E-state index in [0.717, 1.165) is 9.35 Å². The molecule has 2 aromatic rings. The van der Waals surface area contributed by atoms with Gasteiger partial charge in [-0.2, -0.15) is 5.26 Å². The van der Waals surface area contributed by atoms with E-state index in [1.807, 2.05) is 23.6 Å². The molecule has 0 unspecified atom stereocenters. The van der Waals surface area contributed by atoms with Crippen molar-refractivity contribution in [3.63, 3.8) is 0 Å². The maximum Gasteiger partial charge on any atom is 0.203 e. The summed E-state index contributed by atoms with van der Waals surface area (Å²) in [6.45, 7) is 0. The summed E-state index contributed by atoms with van der Waals surface area (Å²) in [5.41, 5.74) is 1.53. The standard InChI is InChI=1S/C14H8BrNOS/c15-13-7-10(9-18-13)6-12(8-16)14(17)11-4-2-1-3-5-11/h1-7,9H/b12-6-. The normalized spacial score (nSPS) is 11.0. The molecule has 18 heavy (non-hydrogen) atoms. The summed E-state index contributed by atoms with van der Waals surface area (Å²) in [6.07, 6.45) is 1.61. The molecule has 0 amide bonds. The second kappa shape index (κ2) is 5.76. The average molecular weight is 318 g/mol. The zero-order valence-electron chi connectivity index (χ0n) is 9.26. The van der Waals surface area contributed by atoms with Gasteiger partial charge < -0.3 is 0 Å². The molecule has 1 aromatic carbocycles. The average Bonchev–Trinajstić information content (AvgIpc) is 2.82. The van der Waals surface area contributed by atoms with Crippen molar-refractivity contribution >= 4 is 39.1 Å². The molecule has 0 fully saturated rings. The lowest BCUT2D eigenvalue weighted by Gasteiger charge is -1.98. The van der Waals surface area contributed by atoms with Gasteiger partial charge in [0, 0.05) is 5.56 Å². The number of carbonyl (C=O) groups excluding carboxylic acids is 1. The minimum Gasteiger partial charge on any atom is -0.288 e. The molecule has 0 saturated heterocycles. The van der Waals surface area contributed by atoms with Gasteiger partial charge in [0.25, 0.3) is 0 Å².